The van der Waals surface area contributed by atoms with Crippen molar-refractivity contribution < 1.29 is 27.5 Å². The molecule has 182 valence electrons. The maximum atomic E-state index is 12.9. The molecule has 1 heterocycles. The highest BCUT2D eigenvalue weighted by Crippen LogP contribution is 2.37. The largest absolute Gasteiger partial charge is 0.383 e. The summed E-state index contributed by atoms with van der Waals surface area (Å²) in [4.78, 5) is 38.9. The SMILES string of the molecule is CCC1CCC2(CC1)NC(=O)N(CC(=O)Nc1ccc(S(=O)(=O)NC(C)COC)cc1)C2=O. The molecule has 3 rings (SSSR count). The van der Waals surface area contributed by atoms with Crippen LogP contribution in [0.1, 0.15) is 46.0 Å². The zero-order valence-corrected chi connectivity index (χ0v) is 20.0. The Kier molecular flexibility index (Phi) is 7.76. The second kappa shape index (κ2) is 10.2. The number of amides is 4. The molecule has 0 aromatic heterocycles. The molecule has 10 nitrogen and oxygen atoms in total. The molecule has 1 aliphatic carbocycles. The molecule has 2 aliphatic rings. The van der Waals surface area contributed by atoms with E-state index in [1.54, 1.807) is 6.92 Å². The van der Waals surface area contributed by atoms with Crippen LogP contribution in [-0.2, 0) is 24.3 Å². The van der Waals surface area contributed by atoms with E-state index in [1.165, 1.54) is 31.4 Å². The highest BCUT2D eigenvalue weighted by molar-refractivity contribution is 7.89. The molecular formula is C22H32N4O6S. The average molecular weight is 481 g/mol. The molecule has 11 heteroatoms. The van der Waals surface area contributed by atoms with Gasteiger partial charge in [0.1, 0.15) is 12.1 Å². The zero-order valence-electron chi connectivity index (χ0n) is 19.2. The molecule has 0 radical (unpaired) electrons. The van der Waals surface area contributed by atoms with Crippen LogP contribution in [0.5, 0.6) is 0 Å². The Morgan fingerprint density at radius 2 is 1.88 bits per heavy atom. The minimum atomic E-state index is -3.73. The van der Waals surface area contributed by atoms with Crippen molar-refractivity contribution >= 4 is 33.6 Å². The molecule has 1 saturated carbocycles. The summed E-state index contributed by atoms with van der Waals surface area (Å²) in [7, 11) is -2.25. The first-order valence-electron chi connectivity index (χ1n) is 11.2. The molecule has 1 spiro atoms. The van der Waals surface area contributed by atoms with Gasteiger partial charge in [0, 0.05) is 18.8 Å². The Bertz CT molecular complexity index is 987. The van der Waals surface area contributed by atoms with E-state index in [0.29, 0.717) is 24.4 Å². The van der Waals surface area contributed by atoms with Crippen LogP contribution >= 0.6 is 0 Å². The first kappa shape index (κ1) is 25.1. The van der Waals surface area contributed by atoms with Gasteiger partial charge in [0.2, 0.25) is 15.9 Å². The number of anilines is 1. The Labute approximate surface area is 194 Å². The number of benzene rings is 1. The molecular weight excluding hydrogens is 448 g/mol. The predicted octanol–water partition coefficient (Wildman–Crippen LogP) is 1.83. The summed E-state index contributed by atoms with van der Waals surface area (Å²) >= 11 is 0. The molecule has 1 aromatic rings. The molecule has 1 aromatic carbocycles. The Hall–Kier alpha value is -2.50. The molecule has 2 fully saturated rings. The van der Waals surface area contributed by atoms with Gasteiger partial charge >= 0.3 is 6.03 Å². The van der Waals surface area contributed by atoms with Gasteiger partial charge in [-0.2, -0.15) is 0 Å². The number of urea groups is 1. The van der Waals surface area contributed by atoms with Crippen LogP contribution in [0.3, 0.4) is 0 Å². The fraction of sp³-hybridized carbons (Fsp3) is 0.591. The van der Waals surface area contributed by atoms with Crippen LogP contribution in [0.15, 0.2) is 29.2 Å². The lowest BCUT2D eigenvalue weighted by Gasteiger charge is -2.34. The van der Waals surface area contributed by atoms with Gasteiger partial charge in [0.25, 0.3) is 5.91 Å². The van der Waals surface area contributed by atoms with Gasteiger partial charge in [-0.3, -0.25) is 14.5 Å². The number of imide groups is 1. The first-order chi connectivity index (χ1) is 15.6. The van der Waals surface area contributed by atoms with Gasteiger partial charge < -0.3 is 15.4 Å². The monoisotopic (exact) mass is 480 g/mol. The van der Waals surface area contributed by atoms with Crippen molar-refractivity contribution in [3.05, 3.63) is 24.3 Å². The second-order valence-corrected chi connectivity index (χ2v) is 10.5. The number of hydrogen-bond donors (Lipinski definition) is 3. The molecule has 1 atom stereocenters. The van der Waals surface area contributed by atoms with E-state index < -0.39 is 40.1 Å². The van der Waals surface area contributed by atoms with Crippen LogP contribution in [0, 0.1) is 5.92 Å². The summed E-state index contributed by atoms with van der Waals surface area (Å²) in [5.41, 5.74) is -0.541. The first-order valence-corrected chi connectivity index (χ1v) is 12.6. The fourth-order valence-electron chi connectivity index (χ4n) is 4.42. The topological polar surface area (TPSA) is 134 Å². The van der Waals surface area contributed by atoms with Crippen LogP contribution < -0.4 is 15.4 Å². The van der Waals surface area contributed by atoms with E-state index in [-0.39, 0.29) is 17.4 Å². The number of methoxy groups -OCH3 is 1. The normalized spacial score (nSPS) is 24.1. The maximum Gasteiger partial charge on any atom is 0.325 e. The van der Waals surface area contributed by atoms with E-state index in [2.05, 4.69) is 22.3 Å². The van der Waals surface area contributed by atoms with E-state index >= 15 is 0 Å². The molecule has 0 bridgehead atoms. The lowest BCUT2D eigenvalue weighted by Crippen LogP contribution is -2.49. The van der Waals surface area contributed by atoms with Crippen LogP contribution in [0.2, 0.25) is 0 Å². The highest BCUT2D eigenvalue weighted by atomic mass is 32.2. The Morgan fingerprint density at radius 1 is 1.24 bits per heavy atom. The molecule has 33 heavy (non-hydrogen) atoms. The van der Waals surface area contributed by atoms with Crippen molar-refractivity contribution in [2.75, 3.05) is 25.6 Å². The average Bonchev–Trinajstić information content (AvgIpc) is 2.98. The molecule has 1 aliphatic heterocycles. The summed E-state index contributed by atoms with van der Waals surface area (Å²) in [5, 5.41) is 5.42. The van der Waals surface area contributed by atoms with Crippen molar-refractivity contribution in [2.45, 2.75) is 62.4 Å². The van der Waals surface area contributed by atoms with Gasteiger partial charge in [-0.05, 0) is 62.8 Å². The predicted molar refractivity (Wildman–Crippen MR) is 122 cm³/mol. The van der Waals surface area contributed by atoms with Crippen molar-refractivity contribution in [2.24, 2.45) is 5.92 Å². The standard InChI is InChI=1S/C22H32N4O6S/c1-4-16-9-11-22(12-10-16)20(28)26(21(29)24-22)13-19(27)23-17-5-7-18(8-6-17)33(30,31)25-15(2)14-32-3/h5-8,15-16,25H,4,9-14H2,1-3H3,(H,23,27)(H,24,29). The van der Waals surface area contributed by atoms with Crippen molar-refractivity contribution in [1.82, 2.24) is 14.9 Å². The van der Waals surface area contributed by atoms with Crippen molar-refractivity contribution in [3.8, 4) is 0 Å². The number of carbonyl (C=O) groups is 3. The van der Waals surface area contributed by atoms with Gasteiger partial charge in [-0.1, -0.05) is 13.3 Å². The van der Waals surface area contributed by atoms with Crippen LogP contribution in [0.25, 0.3) is 0 Å². The minimum absolute atomic E-state index is 0.0437. The summed E-state index contributed by atoms with van der Waals surface area (Å²) in [6, 6.07) is 4.69. The minimum Gasteiger partial charge on any atom is -0.383 e. The summed E-state index contributed by atoms with van der Waals surface area (Å²) in [5.74, 6) is -0.335. The van der Waals surface area contributed by atoms with E-state index in [9.17, 15) is 22.8 Å². The third kappa shape index (κ3) is 5.71. The highest BCUT2D eigenvalue weighted by Gasteiger charge is 2.52. The lowest BCUT2D eigenvalue weighted by molar-refractivity contribution is -0.135. The second-order valence-electron chi connectivity index (χ2n) is 8.81. The number of nitrogens with zero attached hydrogens (tertiary/aromatic N) is 1. The van der Waals surface area contributed by atoms with E-state index in [4.69, 9.17) is 4.74 Å². The summed E-state index contributed by atoms with van der Waals surface area (Å²) in [6.07, 6.45) is 3.96. The molecule has 3 N–H and O–H groups in total. The quantitative estimate of drug-likeness (QED) is 0.462. The Morgan fingerprint density at radius 3 is 2.45 bits per heavy atom. The maximum absolute atomic E-state index is 12.9. The number of rotatable bonds is 9. The third-order valence-corrected chi connectivity index (χ3v) is 7.91. The van der Waals surface area contributed by atoms with Gasteiger partial charge in [-0.15, -0.1) is 0 Å². The molecule has 4 amide bonds. The van der Waals surface area contributed by atoms with Crippen molar-refractivity contribution in [1.29, 1.82) is 0 Å². The van der Waals surface area contributed by atoms with Gasteiger partial charge in [0.15, 0.2) is 0 Å². The van der Waals surface area contributed by atoms with E-state index in [1.807, 2.05) is 0 Å². The Balaban J connectivity index is 1.59. The van der Waals surface area contributed by atoms with Gasteiger partial charge in [0.05, 0.1) is 11.5 Å². The zero-order chi connectivity index (χ0) is 24.2. The summed E-state index contributed by atoms with van der Waals surface area (Å²) in [6.45, 7) is 3.64. The molecule has 1 saturated heterocycles. The lowest BCUT2D eigenvalue weighted by atomic mass is 9.75. The third-order valence-electron chi connectivity index (χ3n) is 6.31. The number of carbonyl (C=O) groups excluding carboxylic acids is 3. The number of hydrogen-bond acceptors (Lipinski definition) is 6. The van der Waals surface area contributed by atoms with Crippen molar-refractivity contribution in [3.63, 3.8) is 0 Å². The smallest absolute Gasteiger partial charge is 0.325 e. The number of nitrogens with one attached hydrogen (secondary N) is 3. The number of ether oxygens (including phenoxy) is 1. The molecule has 1 unspecified atom stereocenters. The summed E-state index contributed by atoms with van der Waals surface area (Å²) < 4.78 is 32.2. The van der Waals surface area contributed by atoms with Crippen LogP contribution in [-0.4, -0.2) is 63.0 Å². The van der Waals surface area contributed by atoms with E-state index in [0.717, 1.165) is 24.2 Å². The fourth-order valence-corrected chi connectivity index (χ4v) is 5.64. The van der Waals surface area contributed by atoms with Gasteiger partial charge in [-0.25, -0.2) is 17.9 Å². The number of sulfonamides is 1. The van der Waals surface area contributed by atoms with Crippen LogP contribution in [0.4, 0.5) is 10.5 Å².